The highest BCUT2D eigenvalue weighted by Crippen LogP contribution is 2.27. The molecule has 3 N–H and O–H groups in total. The van der Waals surface area contributed by atoms with Crippen molar-refractivity contribution in [1.82, 2.24) is 4.90 Å². The van der Waals surface area contributed by atoms with Crippen LogP contribution in [0.4, 0.5) is 5.69 Å². The molecule has 1 fully saturated rings. The van der Waals surface area contributed by atoms with Crippen molar-refractivity contribution in [3.8, 4) is 5.75 Å². The van der Waals surface area contributed by atoms with Gasteiger partial charge in [-0.1, -0.05) is 11.6 Å². The Hall–Kier alpha value is -1.50. The van der Waals surface area contributed by atoms with E-state index < -0.39 is 0 Å². The highest BCUT2D eigenvalue weighted by molar-refractivity contribution is 6.32. The van der Waals surface area contributed by atoms with Crippen LogP contribution in [0.5, 0.6) is 5.75 Å². The number of nitrogens with one attached hydrogen (secondary N) is 1. The number of aliphatic imine (C=N–C) groups is 1. The number of guanidine groups is 1. The lowest BCUT2D eigenvalue weighted by Crippen LogP contribution is -2.35. The van der Waals surface area contributed by atoms with E-state index >= 15 is 0 Å². The van der Waals surface area contributed by atoms with E-state index in [2.05, 4.69) is 15.2 Å². The normalized spacial score (nSPS) is 19.1. The van der Waals surface area contributed by atoms with Gasteiger partial charge < -0.3 is 20.5 Å². The molecule has 7 heteroatoms. The molecule has 1 aromatic rings. The fourth-order valence-corrected chi connectivity index (χ4v) is 3.00. The average Bonchev–Trinajstić information content (AvgIpc) is 2.98. The quantitative estimate of drug-likeness (QED) is 0.588. The molecular formula is C16H25ClN4O2. The van der Waals surface area contributed by atoms with E-state index in [1.807, 2.05) is 6.07 Å². The lowest BCUT2D eigenvalue weighted by Gasteiger charge is -2.22. The van der Waals surface area contributed by atoms with Gasteiger partial charge in [-0.05, 0) is 37.6 Å². The van der Waals surface area contributed by atoms with Crippen LogP contribution in [-0.2, 0) is 4.74 Å². The number of halogens is 1. The van der Waals surface area contributed by atoms with E-state index in [9.17, 15) is 0 Å². The molecule has 0 aliphatic carbocycles. The second-order valence-electron chi connectivity index (χ2n) is 5.53. The van der Waals surface area contributed by atoms with Crippen LogP contribution in [0.1, 0.15) is 12.8 Å². The number of nitrogens with zero attached hydrogens (tertiary/aromatic N) is 2. The molecular weight excluding hydrogens is 316 g/mol. The molecule has 1 aliphatic heterocycles. The van der Waals surface area contributed by atoms with Crippen molar-refractivity contribution in [3.63, 3.8) is 0 Å². The second kappa shape index (κ2) is 8.96. The molecule has 1 aromatic carbocycles. The van der Waals surface area contributed by atoms with Gasteiger partial charge in [0.25, 0.3) is 0 Å². The van der Waals surface area contributed by atoms with Crippen molar-refractivity contribution >= 4 is 23.2 Å². The Bertz CT molecular complexity index is 539. The van der Waals surface area contributed by atoms with Gasteiger partial charge in [0.2, 0.25) is 0 Å². The number of nitrogens with two attached hydrogens (primary N) is 1. The predicted octanol–water partition coefficient (Wildman–Crippen LogP) is 2.19. The molecule has 0 aromatic heterocycles. The van der Waals surface area contributed by atoms with Crippen molar-refractivity contribution in [2.45, 2.75) is 18.9 Å². The van der Waals surface area contributed by atoms with E-state index in [1.54, 1.807) is 26.4 Å². The third-order valence-electron chi connectivity index (χ3n) is 3.98. The number of likely N-dealkylation sites (tertiary alicyclic amines) is 1. The van der Waals surface area contributed by atoms with Crippen LogP contribution >= 0.6 is 11.6 Å². The summed E-state index contributed by atoms with van der Waals surface area (Å²) < 4.78 is 10.3. The van der Waals surface area contributed by atoms with Crippen molar-refractivity contribution in [2.75, 3.05) is 45.8 Å². The van der Waals surface area contributed by atoms with Crippen LogP contribution in [0, 0.1) is 0 Å². The number of anilines is 1. The first-order valence-electron chi connectivity index (χ1n) is 7.77. The van der Waals surface area contributed by atoms with Crippen molar-refractivity contribution in [2.24, 2.45) is 10.7 Å². The highest BCUT2D eigenvalue weighted by Gasteiger charge is 2.23. The lowest BCUT2D eigenvalue weighted by molar-refractivity contribution is 0.143. The zero-order valence-corrected chi connectivity index (χ0v) is 14.5. The molecule has 1 heterocycles. The van der Waals surface area contributed by atoms with Crippen molar-refractivity contribution < 1.29 is 9.47 Å². The summed E-state index contributed by atoms with van der Waals surface area (Å²) in [5.74, 6) is 1.03. The first-order chi connectivity index (χ1) is 11.1. The molecule has 1 unspecified atom stereocenters. The Morgan fingerprint density at radius 2 is 2.30 bits per heavy atom. The molecule has 128 valence electrons. The molecule has 0 spiro atoms. The Morgan fingerprint density at radius 1 is 1.48 bits per heavy atom. The maximum absolute atomic E-state index is 6.10. The zero-order chi connectivity index (χ0) is 16.7. The van der Waals surface area contributed by atoms with Gasteiger partial charge in [0.1, 0.15) is 5.75 Å². The minimum absolute atomic E-state index is 0.393. The Labute approximate surface area is 142 Å². The molecule has 1 saturated heterocycles. The zero-order valence-electron chi connectivity index (χ0n) is 13.7. The summed E-state index contributed by atoms with van der Waals surface area (Å²) in [5.41, 5.74) is 6.76. The van der Waals surface area contributed by atoms with Gasteiger partial charge in [0.05, 0.1) is 25.3 Å². The fraction of sp³-hybridized carbons (Fsp3) is 0.562. The first kappa shape index (κ1) is 17.8. The third kappa shape index (κ3) is 5.27. The lowest BCUT2D eigenvalue weighted by atomic mass is 10.2. The summed E-state index contributed by atoms with van der Waals surface area (Å²) in [6, 6.07) is 5.85. The predicted molar refractivity (Wildman–Crippen MR) is 94.6 cm³/mol. The fourth-order valence-electron chi connectivity index (χ4n) is 2.74. The van der Waals surface area contributed by atoms with Gasteiger partial charge in [-0.2, -0.15) is 0 Å². The molecule has 0 bridgehead atoms. The third-order valence-corrected chi connectivity index (χ3v) is 4.27. The molecule has 23 heavy (non-hydrogen) atoms. The minimum Gasteiger partial charge on any atom is -0.495 e. The van der Waals surface area contributed by atoms with E-state index in [0.29, 0.717) is 29.3 Å². The Kier molecular flexibility index (Phi) is 6.95. The number of benzene rings is 1. The Balaban J connectivity index is 1.88. The van der Waals surface area contributed by atoms with Crippen LogP contribution in [0.2, 0.25) is 5.02 Å². The molecule has 1 aliphatic rings. The summed E-state index contributed by atoms with van der Waals surface area (Å²) in [5, 5.41) is 3.59. The summed E-state index contributed by atoms with van der Waals surface area (Å²) in [7, 11) is 3.31. The van der Waals surface area contributed by atoms with Crippen LogP contribution in [-0.4, -0.2) is 57.4 Å². The molecule has 6 nitrogen and oxygen atoms in total. The minimum atomic E-state index is 0.393. The van der Waals surface area contributed by atoms with E-state index in [0.717, 1.165) is 31.8 Å². The SMILES string of the molecule is COCCN1CCCC1CN=C(N)Nc1ccc(OC)c(Cl)c1. The van der Waals surface area contributed by atoms with Gasteiger partial charge in [0.15, 0.2) is 5.96 Å². The Morgan fingerprint density at radius 3 is 3.00 bits per heavy atom. The maximum Gasteiger partial charge on any atom is 0.193 e. The van der Waals surface area contributed by atoms with Crippen LogP contribution in [0.3, 0.4) is 0 Å². The van der Waals surface area contributed by atoms with Crippen LogP contribution < -0.4 is 15.8 Å². The number of methoxy groups -OCH3 is 2. The smallest absolute Gasteiger partial charge is 0.193 e. The van der Waals surface area contributed by atoms with Gasteiger partial charge in [-0.3, -0.25) is 9.89 Å². The van der Waals surface area contributed by atoms with Gasteiger partial charge >= 0.3 is 0 Å². The average molecular weight is 341 g/mol. The maximum atomic E-state index is 6.10. The summed E-state index contributed by atoms with van der Waals surface area (Å²) >= 11 is 6.10. The monoisotopic (exact) mass is 340 g/mol. The molecule has 2 rings (SSSR count). The van der Waals surface area contributed by atoms with E-state index in [4.69, 9.17) is 26.8 Å². The highest BCUT2D eigenvalue weighted by atomic mass is 35.5. The summed E-state index contributed by atoms with van der Waals surface area (Å²) in [6.45, 7) is 3.48. The standard InChI is InChI=1S/C16H25ClN4O2/c1-22-9-8-21-7-3-4-13(21)11-19-16(18)20-12-5-6-15(23-2)14(17)10-12/h5-6,10,13H,3-4,7-9,11H2,1-2H3,(H3,18,19,20). The van der Waals surface area contributed by atoms with Crippen molar-refractivity contribution in [1.29, 1.82) is 0 Å². The van der Waals surface area contributed by atoms with Crippen LogP contribution in [0.25, 0.3) is 0 Å². The number of rotatable bonds is 7. The van der Waals surface area contributed by atoms with Gasteiger partial charge in [0, 0.05) is 25.4 Å². The van der Waals surface area contributed by atoms with E-state index in [-0.39, 0.29) is 0 Å². The van der Waals surface area contributed by atoms with Gasteiger partial charge in [-0.25, -0.2) is 0 Å². The number of hydrogen-bond donors (Lipinski definition) is 2. The molecule has 0 saturated carbocycles. The summed E-state index contributed by atoms with van der Waals surface area (Å²) in [4.78, 5) is 6.87. The molecule has 0 radical (unpaired) electrons. The van der Waals surface area contributed by atoms with Gasteiger partial charge in [-0.15, -0.1) is 0 Å². The topological polar surface area (TPSA) is 72.1 Å². The second-order valence-corrected chi connectivity index (χ2v) is 5.93. The van der Waals surface area contributed by atoms with E-state index in [1.165, 1.54) is 6.42 Å². The first-order valence-corrected chi connectivity index (χ1v) is 8.15. The number of ether oxygens (including phenoxy) is 2. The number of hydrogen-bond acceptors (Lipinski definition) is 4. The van der Waals surface area contributed by atoms with Crippen molar-refractivity contribution in [3.05, 3.63) is 23.2 Å². The largest absolute Gasteiger partial charge is 0.495 e. The molecule has 0 amide bonds. The van der Waals surface area contributed by atoms with Crippen LogP contribution in [0.15, 0.2) is 23.2 Å². The molecule has 1 atom stereocenters. The summed E-state index contributed by atoms with van der Waals surface area (Å²) in [6.07, 6.45) is 2.35.